The van der Waals surface area contributed by atoms with E-state index in [4.69, 9.17) is 4.74 Å². The van der Waals surface area contributed by atoms with E-state index in [1.165, 1.54) is 16.9 Å². The molecule has 0 bridgehead atoms. The van der Waals surface area contributed by atoms with Crippen LogP contribution in [0, 0.1) is 5.92 Å². The van der Waals surface area contributed by atoms with Crippen LogP contribution in [0.15, 0.2) is 5.38 Å². The first-order valence-corrected chi connectivity index (χ1v) is 6.36. The van der Waals surface area contributed by atoms with Gasteiger partial charge in [0, 0.05) is 10.3 Å². The molecule has 1 heterocycles. The van der Waals surface area contributed by atoms with Crippen molar-refractivity contribution < 1.29 is 9.53 Å². The van der Waals surface area contributed by atoms with Crippen molar-refractivity contribution in [3.8, 4) is 0 Å². The number of fused-ring (bicyclic) bond motifs is 1. The lowest BCUT2D eigenvalue weighted by Crippen LogP contribution is -2.13. The SMILES string of the molecule is CCOC(=O)c1csc2c1CC(C)CC2. The Kier molecular flexibility index (Phi) is 3.10. The van der Waals surface area contributed by atoms with Crippen molar-refractivity contribution in [2.75, 3.05) is 6.61 Å². The van der Waals surface area contributed by atoms with E-state index in [1.807, 2.05) is 12.3 Å². The maximum atomic E-state index is 11.7. The Bertz CT molecular complexity index is 368. The van der Waals surface area contributed by atoms with E-state index in [0.29, 0.717) is 12.5 Å². The van der Waals surface area contributed by atoms with Crippen LogP contribution in [0.5, 0.6) is 0 Å². The molecule has 1 aromatic rings. The number of hydrogen-bond donors (Lipinski definition) is 0. The predicted octanol–water partition coefficient (Wildman–Crippen LogP) is 3.05. The Morgan fingerprint density at radius 1 is 1.67 bits per heavy atom. The molecule has 15 heavy (non-hydrogen) atoms. The summed E-state index contributed by atoms with van der Waals surface area (Å²) in [6.07, 6.45) is 3.41. The minimum absolute atomic E-state index is 0.149. The summed E-state index contributed by atoms with van der Waals surface area (Å²) in [5.41, 5.74) is 2.06. The van der Waals surface area contributed by atoms with Gasteiger partial charge in [-0.1, -0.05) is 6.92 Å². The van der Waals surface area contributed by atoms with E-state index < -0.39 is 0 Å². The topological polar surface area (TPSA) is 26.3 Å². The van der Waals surface area contributed by atoms with Gasteiger partial charge in [0.1, 0.15) is 0 Å². The zero-order valence-corrected chi connectivity index (χ0v) is 10.0. The van der Waals surface area contributed by atoms with Crippen LogP contribution in [0.2, 0.25) is 0 Å². The van der Waals surface area contributed by atoms with Gasteiger partial charge in [-0.05, 0) is 37.7 Å². The molecular formula is C12H16O2S. The Balaban J connectivity index is 2.26. The molecule has 1 aromatic heterocycles. The Morgan fingerprint density at radius 3 is 3.20 bits per heavy atom. The Morgan fingerprint density at radius 2 is 2.47 bits per heavy atom. The average Bonchev–Trinajstić information content (AvgIpc) is 2.60. The van der Waals surface area contributed by atoms with Crippen LogP contribution in [0.1, 0.15) is 41.1 Å². The highest BCUT2D eigenvalue weighted by molar-refractivity contribution is 7.10. The number of carbonyl (C=O) groups excluding carboxylic acids is 1. The second-order valence-corrected chi connectivity index (χ2v) is 5.08. The monoisotopic (exact) mass is 224 g/mol. The lowest BCUT2D eigenvalue weighted by Gasteiger charge is -2.18. The van der Waals surface area contributed by atoms with Crippen LogP contribution in [0.4, 0.5) is 0 Å². The fourth-order valence-electron chi connectivity index (χ4n) is 2.06. The number of hydrogen-bond acceptors (Lipinski definition) is 3. The van der Waals surface area contributed by atoms with Crippen LogP contribution in [0.25, 0.3) is 0 Å². The van der Waals surface area contributed by atoms with Crippen LogP contribution in [-0.2, 0) is 17.6 Å². The maximum Gasteiger partial charge on any atom is 0.339 e. The van der Waals surface area contributed by atoms with Gasteiger partial charge in [0.25, 0.3) is 0 Å². The summed E-state index contributed by atoms with van der Waals surface area (Å²) in [4.78, 5) is 13.1. The second-order valence-electron chi connectivity index (χ2n) is 4.12. The molecule has 1 unspecified atom stereocenters. The molecule has 1 atom stereocenters. The second kappa shape index (κ2) is 4.35. The number of ether oxygens (including phenoxy) is 1. The molecule has 0 spiro atoms. The minimum atomic E-state index is -0.149. The predicted molar refractivity (Wildman–Crippen MR) is 61.5 cm³/mol. The molecule has 1 aliphatic carbocycles. The molecule has 2 nitrogen and oxygen atoms in total. The van der Waals surface area contributed by atoms with Crippen LogP contribution in [-0.4, -0.2) is 12.6 Å². The fourth-order valence-corrected chi connectivity index (χ4v) is 3.13. The highest BCUT2D eigenvalue weighted by atomic mass is 32.1. The van der Waals surface area contributed by atoms with E-state index in [1.54, 1.807) is 11.3 Å². The molecule has 0 fully saturated rings. The summed E-state index contributed by atoms with van der Waals surface area (Å²) in [5.74, 6) is 0.546. The molecule has 0 saturated carbocycles. The fraction of sp³-hybridized carbons (Fsp3) is 0.583. The number of aryl methyl sites for hydroxylation is 1. The molecule has 0 radical (unpaired) electrons. The molecule has 0 aromatic carbocycles. The van der Waals surface area contributed by atoms with Crippen LogP contribution >= 0.6 is 11.3 Å². The number of thiophene rings is 1. The summed E-state index contributed by atoms with van der Waals surface area (Å²) in [6.45, 7) is 4.55. The molecule has 3 heteroatoms. The third kappa shape index (κ3) is 2.07. The van der Waals surface area contributed by atoms with E-state index >= 15 is 0 Å². The van der Waals surface area contributed by atoms with Crippen molar-refractivity contribution in [3.05, 3.63) is 21.4 Å². The normalized spacial score (nSPS) is 19.7. The van der Waals surface area contributed by atoms with Gasteiger partial charge in [-0.15, -0.1) is 11.3 Å². The zero-order chi connectivity index (χ0) is 10.8. The van der Waals surface area contributed by atoms with Gasteiger partial charge < -0.3 is 4.74 Å². The smallest absolute Gasteiger partial charge is 0.339 e. The van der Waals surface area contributed by atoms with Crippen LogP contribution in [0.3, 0.4) is 0 Å². The van der Waals surface area contributed by atoms with Crippen molar-refractivity contribution in [1.29, 1.82) is 0 Å². The molecule has 0 aliphatic heterocycles. The van der Waals surface area contributed by atoms with Gasteiger partial charge in [0.15, 0.2) is 0 Å². The van der Waals surface area contributed by atoms with E-state index in [2.05, 4.69) is 6.92 Å². The first-order valence-electron chi connectivity index (χ1n) is 5.48. The van der Waals surface area contributed by atoms with E-state index in [-0.39, 0.29) is 5.97 Å². The van der Waals surface area contributed by atoms with Crippen LogP contribution < -0.4 is 0 Å². The van der Waals surface area contributed by atoms with E-state index in [0.717, 1.165) is 18.4 Å². The number of rotatable bonds is 2. The standard InChI is InChI=1S/C12H16O2S/c1-3-14-12(13)10-7-15-11-5-4-8(2)6-9(10)11/h7-8H,3-6H2,1-2H3. The van der Waals surface area contributed by atoms with Gasteiger partial charge in [-0.2, -0.15) is 0 Å². The van der Waals surface area contributed by atoms with Crippen molar-refractivity contribution in [2.24, 2.45) is 5.92 Å². The minimum Gasteiger partial charge on any atom is -0.462 e. The average molecular weight is 224 g/mol. The molecule has 0 saturated heterocycles. The van der Waals surface area contributed by atoms with Gasteiger partial charge in [-0.25, -0.2) is 4.79 Å². The van der Waals surface area contributed by atoms with Crippen molar-refractivity contribution >= 4 is 17.3 Å². The molecular weight excluding hydrogens is 208 g/mol. The Hall–Kier alpha value is -0.830. The van der Waals surface area contributed by atoms with Crippen molar-refractivity contribution in [1.82, 2.24) is 0 Å². The summed E-state index contributed by atoms with van der Waals surface area (Å²) in [6, 6.07) is 0. The van der Waals surface area contributed by atoms with Crippen molar-refractivity contribution in [3.63, 3.8) is 0 Å². The largest absolute Gasteiger partial charge is 0.462 e. The van der Waals surface area contributed by atoms with Gasteiger partial charge in [0.05, 0.1) is 12.2 Å². The highest BCUT2D eigenvalue weighted by Crippen LogP contribution is 2.33. The van der Waals surface area contributed by atoms with Gasteiger partial charge >= 0.3 is 5.97 Å². The molecule has 82 valence electrons. The zero-order valence-electron chi connectivity index (χ0n) is 9.21. The third-order valence-electron chi connectivity index (χ3n) is 2.89. The van der Waals surface area contributed by atoms with Gasteiger partial charge in [0.2, 0.25) is 0 Å². The van der Waals surface area contributed by atoms with Crippen molar-refractivity contribution in [2.45, 2.75) is 33.1 Å². The first kappa shape index (κ1) is 10.7. The summed E-state index contributed by atoms with van der Waals surface area (Å²) in [5, 5.41) is 1.96. The van der Waals surface area contributed by atoms with Gasteiger partial charge in [-0.3, -0.25) is 0 Å². The summed E-state index contributed by atoms with van der Waals surface area (Å²) in [7, 11) is 0. The lowest BCUT2D eigenvalue weighted by molar-refractivity contribution is 0.0525. The highest BCUT2D eigenvalue weighted by Gasteiger charge is 2.23. The lowest BCUT2D eigenvalue weighted by atomic mass is 9.88. The first-order chi connectivity index (χ1) is 7.22. The quantitative estimate of drug-likeness (QED) is 0.722. The maximum absolute atomic E-state index is 11.7. The molecule has 2 rings (SSSR count). The Labute approximate surface area is 94.3 Å². The molecule has 0 N–H and O–H groups in total. The molecule has 1 aliphatic rings. The third-order valence-corrected chi connectivity index (χ3v) is 3.98. The van der Waals surface area contributed by atoms with E-state index in [9.17, 15) is 4.79 Å². The summed E-state index contributed by atoms with van der Waals surface area (Å²) >= 11 is 1.71. The summed E-state index contributed by atoms with van der Waals surface area (Å²) < 4.78 is 5.06. The number of carbonyl (C=O) groups is 1. The molecule has 0 amide bonds. The number of esters is 1.